The maximum absolute atomic E-state index is 11.0. The van der Waals surface area contributed by atoms with E-state index in [0.29, 0.717) is 11.5 Å². The van der Waals surface area contributed by atoms with Gasteiger partial charge >= 0.3 is 0 Å². The summed E-state index contributed by atoms with van der Waals surface area (Å²) in [6.45, 7) is 0. The van der Waals surface area contributed by atoms with Crippen LogP contribution >= 0.6 is 0 Å². The Hall–Kier alpha value is -2.30. The van der Waals surface area contributed by atoms with Crippen LogP contribution in [0.3, 0.4) is 0 Å². The highest BCUT2D eigenvalue weighted by atomic mass is 16.1. The quantitative estimate of drug-likeness (QED) is 0.552. The predicted molar refractivity (Wildman–Crippen MR) is 56.5 cm³/mol. The fraction of sp³-hybridized carbons (Fsp3) is 0. The summed E-state index contributed by atoms with van der Waals surface area (Å²) in [6.07, 6.45) is 0. The molecule has 3 N–H and O–H groups in total. The zero-order valence-electron chi connectivity index (χ0n) is 7.74. The van der Waals surface area contributed by atoms with Crippen LogP contribution in [-0.2, 0) is 0 Å². The Morgan fingerprint density at radius 2 is 2.00 bits per heavy atom. The van der Waals surface area contributed by atoms with Gasteiger partial charge in [-0.2, -0.15) is 0 Å². The molecule has 2 aromatic heterocycles. The van der Waals surface area contributed by atoms with Gasteiger partial charge in [0, 0.05) is 6.07 Å². The first kappa shape index (κ1) is 8.05. The van der Waals surface area contributed by atoms with E-state index in [1.807, 2.05) is 24.3 Å². The monoisotopic (exact) mass is 200 g/mol. The van der Waals surface area contributed by atoms with E-state index in [4.69, 9.17) is 0 Å². The molecule has 3 rings (SSSR count). The van der Waals surface area contributed by atoms with Crippen LogP contribution in [0.25, 0.3) is 22.6 Å². The van der Waals surface area contributed by atoms with E-state index >= 15 is 0 Å². The Kier molecular flexibility index (Phi) is 1.53. The molecule has 0 bridgehead atoms. The summed E-state index contributed by atoms with van der Waals surface area (Å²) in [5, 5.41) is 5.22. The average molecular weight is 200 g/mol. The second-order valence-corrected chi connectivity index (χ2v) is 3.27. The first-order valence-electron chi connectivity index (χ1n) is 4.56. The molecule has 0 aliphatic heterocycles. The van der Waals surface area contributed by atoms with E-state index in [0.717, 1.165) is 11.0 Å². The van der Waals surface area contributed by atoms with Crippen molar-refractivity contribution in [3.05, 3.63) is 40.7 Å². The van der Waals surface area contributed by atoms with Crippen LogP contribution in [0.1, 0.15) is 0 Å². The fourth-order valence-corrected chi connectivity index (χ4v) is 1.54. The fourth-order valence-electron chi connectivity index (χ4n) is 1.54. The lowest BCUT2D eigenvalue weighted by molar-refractivity contribution is 1.05. The van der Waals surface area contributed by atoms with Crippen LogP contribution in [0.2, 0.25) is 0 Å². The number of hydrogen-bond acceptors (Lipinski definition) is 2. The standard InChI is InChI=1S/C10H8N4O/c15-9-5-8(13-14-9)10-11-6-3-1-2-4-7(6)12-10/h1-5H,(H,11,12)(H2,13,14,15). The Balaban J connectivity index is 2.24. The highest BCUT2D eigenvalue weighted by Crippen LogP contribution is 2.16. The molecule has 0 radical (unpaired) electrons. The topological polar surface area (TPSA) is 77.3 Å². The third-order valence-corrected chi connectivity index (χ3v) is 2.24. The number of para-hydroxylation sites is 2. The lowest BCUT2D eigenvalue weighted by atomic mass is 10.3. The Morgan fingerprint density at radius 1 is 1.13 bits per heavy atom. The van der Waals surface area contributed by atoms with Gasteiger partial charge in [0.15, 0.2) is 5.82 Å². The molecule has 5 nitrogen and oxygen atoms in total. The van der Waals surface area contributed by atoms with Crippen LogP contribution in [0.15, 0.2) is 35.1 Å². The number of nitrogens with zero attached hydrogens (tertiary/aromatic N) is 1. The molecule has 0 saturated carbocycles. The summed E-state index contributed by atoms with van der Waals surface area (Å²) in [5.74, 6) is 0.662. The summed E-state index contributed by atoms with van der Waals surface area (Å²) in [4.78, 5) is 18.4. The molecule has 15 heavy (non-hydrogen) atoms. The van der Waals surface area contributed by atoms with Crippen LogP contribution in [0.5, 0.6) is 0 Å². The predicted octanol–water partition coefficient (Wildman–Crippen LogP) is 1.25. The van der Waals surface area contributed by atoms with Crippen molar-refractivity contribution in [2.45, 2.75) is 0 Å². The molecule has 0 aliphatic rings. The lowest BCUT2D eigenvalue weighted by Gasteiger charge is -1.86. The van der Waals surface area contributed by atoms with E-state index in [2.05, 4.69) is 20.2 Å². The first-order chi connectivity index (χ1) is 7.33. The van der Waals surface area contributed by atoms with Gasteiger partial charge in [-0.25, -0.2) is 4.98 Å². The number of H-pyrrole nitrogens is 3. The highest BCUT2D eigenvalue weighted by molar-refractivity contribution is 5.78. The Morgan fingerprint density at radius 3 is 2.73 bits per heavy atom. The molecule has 2 heterocycles. The molecule has 5 heteroatoms. The van der Waals surface area contributed by atoms with E-state index in [-0.39, 0.29) is 5.56 Å². The van der Waals surface area contributed by atoms with E-state index in [1.54, 1.807) is 0 Å². The second-order valence-electron chi connectivity index (χ2n) is 3.27. The summed E-state index contributed by atoms with van der Waals surface area (Å²) >= 11 is 0. The molecule has 3 aromatic rings. The van der Waals surface area contributed by atoms with Gasteiger partial charge in [0.25, 0.3) is 5.56 Å². The van der Waals surface area contributed by atoms with Gasteiger partial charge < -0.3 is 4.98 Å². The number of benzene rings is 1. The molecule has 0 fully saturated rings. The number of aromatic nitrogens is 4. The second kappa shape index (κ2) is 2.84. The van der Waals surface area contributed by atoms with Crippen molar-refractivity contribution in [3.63, 3.8) is 0 Å². The zero-order chi connectivity index (χ0) is 10.3. The summed E-state index contributed by atoms with van der Waals surface area (Å²) in [5.41, 5.74) is 2.34. The molecule has 0 aliphatic carbocycles. The van der Waals surface area contributed by atoms with Crippen molar-refractivity contribution in [3.8, 4) is 11.5 Å². The van der Waals surface area contributed by atoms with Crippen LogP contribution < -0.4 is 5.56 Å². The minimum absolute atomic E-state index is 0.162. The molecule has 0 atom stereocenters. The van der Waals surface area contributed by atoms with Crippen LogP contribution in [0.4, 0.5) is 0 Å². The van der Waals surface area contributed by atoms with Crippen LogP contribution in [-0.4, -0.2) is 20.2 Å². The largest absolute Gasteiger partial charge is 0.337 e. The number of aromatic amines is 3. The van der Waals surface area contributed by atoms with Gasteiger partial charge in [0.05, 0.1) is 11.0 Å². The van der Waals surface area contributed by atoms with Crippen molar-refractivity contribution in [1.29, 1.82) is 0 Å². The summed E-state index contributed by atoms with van der Waals surface area (Å²) in [6, 6.07) is 9.19. The van der Waals surface area contributed by atoms with Crippen molar-refractivity contribution >= 4 is 11.0 Å². The van der Waals surface area contributed by atoms with Crippen molar-refractivity contribution in [2.75, 3.05) is 0 Å². The van der Waals surface area contributed by atoms with E-state index < -0.39 is 0 Å². The average Bonchev–Trinajstić information content (AvgIpc) is 2.82. The van der Waals surface area contributed by atoms with Gasteiger partial charge in [-0.1, -0.05) is 12.1 Å². The summed E-state index contributed by atoms with van der Waals surface area (Å²) in [7, 11) is 0. The minimum Gasteiger partial charge on any atom is -0.337 e. The van der Waals surface area contributed by atoms with Crippen molar-refractivity contribution in [1.82, 2.24) is 20.2 Å². The third-order valence-electron chi connectivity index (χ3n) is 2.24. The smallest absolute Gasteiger partial charge is 0.264 e. The molecule has 0 spiro atoms. The van der Waals surface area contributed by atoms with E-state index in [9.17, 15) is 4.79 Å². The van der Waals surface area contributed by atoms with Gasteiger partial charge in [-0.3, -0.25) is 15.0 Å². The normalized spacial score (nSPS) is 10.9. The Labute approximate surface area is 84.2 Å². The zero-order valence-corrected chi connectivity index (χ0v) is 7.74. The SMILES string of the molecule is O=c1cc(-c2nc3ccccc3[nH]2)[nH][nH]1. The molecule has 0 unspecified atom stereocenters. The van der Waals surface area contributed by atoms with Gasteiger partial charge in [0.1, 0.15) is 5.69 Å². The van der Waals surface area contributed by atoms with Gasteiger partial charge in [-0.05, 0) is 12.1 Å². The number of nitrogens with one attached hydrogen (secondary N) is 3. The highest BCUT2D eigenvalue weighted by Gasteiger charge is 2.05. The Bertz CT molecular complexity index is 628. The number of fused-ring (bicyclic) bond motifs is 1. The first-order valence-corrected chi connectivity index (χ1v) is 4.56. The van der Waals surface area contributed by atoms with E-state index in [1.165, 1.54) is 6.07 Å². The maximum Gasteiger partial charge on any atom is 0.264 e. The van der Waals surface area contributed by atoms with Crippen LogP contribution in [0, 0.1) is 0 Å². The van der Waals surface area contributed by atoms with Gasteiger partial charge in [-0.15, -0.1) is 0 Å². The summed E-state index contributed by atoms with van der Waals surface area (Å²) < 4.78 is 0. The molecular weight excluding hydrogens is 192 g/mol. The molecule has 1 aromatic carbocycles. The lowest BCUT2D eigenvalue weighted by Crippen LogP contribution is -1.93. The number of imidazole rings is 1. The van der Waals surface area contributed by atoms with Gasteiger partial charge in [0.2, 0.25) is 0 Å². The van der Waals surface area contributed by atoms with Crippen molar-refractivity contribution in [2.24, 2.45) is 0 Å². The van der Waals surface area contributed by atoms with Crippen molar-refractivity contribution < 1.29 is 0 Å². The third kappa shape index (κ3) is 1.25. The molecule has 0 amide bonds. The minimum atomic E-state index is -0.162. The molecule has 0 saturated heterocycles. The number of hydrogen-bond donors (Lipinski definition) is 3. The maximum atomic E-state index is 11.0. The molecule has 74 valence electrons. The number of rotatable bonds is 1. The molecular formula is C10H8N4O.